The fourth-order valence-electron chi connectivity index (χ4n) is 1.41. The first-order valence-electron chi connectivity index (χ1n) is 6.09. The number of unbranched alkanes of at least 4 members (excludes halogenated alkanes) is 2. The molecule has 0 aliphatic carbocycles. The van der Waals surface area contributed by atoms with Crippen LogP contribution in [0.5, 0.6) is 0 Å². The van der Waals surface area contributed by atoms with Crippen LogP contribution in [0.2, 0.25) is 12.6 Å². The number of ether oxygens (including phenoxy) is 1. The summed E-state index contributed by atoms with van der Waals surface area (Å²) in [4.78, 5) is 11.0. The van der Waals surface area contributed by atoms with Gasteiger partial charge in [-0.3, -0.25) is 0 Å². The third kappa shape index (κ3) is 8.17. The molecule has 1 amide bonds. The van der Waals surface area contributed by atoms with E-state index in [0.29, 0.717) is 13.2 Å². The number of hydrogen-bond acceptors (Lipinski definition) is 4. The van der Waals surface area contributed by atoms with E-state index in [1.165, 1.54) is 0 Å². The lowest BCUT2D eigenvalue weighted by Gasteiger charge is -2.22. The van der Waals surface area contributed by atoms with E-state index in [0.717, 1.165) is 25.3 Å². The highest BCUT2D eigenvalue weighted by Crippen LogP contribution is 2.15. The molecule has 0 unspecified atom stereocenters. The Labute approximate surface area is 105 Å². The molecule has 5 nitrogen and oxygen atoms in total. The van der Waals surface area contributed by atoms with Crippen molar-refractivity contribution in [3.63, 3.8) is 0 Å². The lowest BCUT2D eigenvalue weighted by Crippen LogP contribution is -2.35. The Morgan fingerprint density at radius 2 is 1.82 bits per heavy atom. The summed E-state index contributed by atoms with van der Waals surface area (Å²) < 4.78 is 15.5. The van der Waals surface area contributed by atoms with Crippen LogP contribution in [0.3, 0.4) is 0 Å². The number of amides is 1. The Kier molecular flexibility index (Phi) is 9.11. The quantitative estimate of drug-likeness (QED) is 0.512. The van der Waals surface area contributed by atoms with Crippen molar-refractivity contribution in [2.45, 2.75) is 38.8 Å². The summed E-state index contributed by atoms with van der Waals surface area (Å²) in [6.07, 6.45) is 2.74. The molecule has 0 spiro atoms. The number of carbonyl (C=O) groups is 1. The Hall–Kier alpha value is -0.593. The van der Waals surface area contributed by atoms with Gasteiger partial charge in [0.1, 0.15) is 0 Å². The average Bonchev–Trinajstić information content (AvgIpc) is 2.33. The first-order chi connectivity index (χ1) is 8.08. The first-order valence-corrected chi connectivity index (χ1v) is 8.61. The van der Waals surface area contributed by atoms with Gasteiger partial charge in [-0.05, 0) is 25.9 Å². The molecule has 0 saturated heterocycles. The van der Waals surface area contributed by atoms with E-state index >= 15 is 0 Å². The maximum absolute atomic E-state index is 11.0. The van der Waals surface area contributed by atoms with Gasteiger partial charge >= 0.3 is 14.7 Å². The highest BCUT2D eigenvalue weighted by atomic mass is 28.4. The maximum Gasteiger partial charge on any atom is 0.407 e. The van der Waals surface area contributed by atoms with Crippen molar-refractivity contribution in [3.05, 3.63) is 0 Å². The maximum atomic E-state index is 11.0. The summed E-state index contributed by atoms with van der Waals surface area (Å²) in [7, 11) is 1.51. The average molecular weight is 263 g/mol. The van der Waals surface area contributed by atoms with Crippen molar-refractivity contribution >= 4 is 14.7 Å². The Morgan fingerprint density at radius 3 is 2.35 bits per heavy atom. The van der Waals surface area contributed by atoms with Gasteiger partial charge < -0.3 is 18.9 Å². The van der Waals surface area contributed by atoms with Crippen molar-refractivity contribution in [1.82, 2.24) is 5.32 Å². The molecule has 102 valence electrons. The summed E-state index contributed by atoms with van der Waals surface area (Å²) in [5.74, 6) is 0. The van der Waals surface area contributed by atoms with E-state index in [9.17, 15) is 4.79 Å². The highest BCUT2D eigenvalue weighted by molar-refractivity contribution is 6.65. The lowest BCUT2D eigenvalue weighted by molar-refractivity contribution is 0.152. The van der Waals surface area contributed by atoms with E-state index in [2.05, 4.69) is 11.9 Å². The molecule has 0 atom stereocenters. The molecule has 0 aliphatic heterocycles. The monoisotopic (exact) mass is 263 g/mol. The molecule has 0 aromatic rings. The van der Waals surface area contributed by atoms with Gasteiger partial charge in [-0.2, -0.15) is 0 Å². The van der Waals surface area contributed by atoms with Gasteiger partial charge in [0, 0.05) is 20.8 Å². The molecule has 17 heavy (non-hydrogen) atoms. The third-order valence-electron chi connectivity index (χ3n) is 2.72. The first kappa shape index (κ1) is 16.4. The minimum Gasteiger partial charge on any atom is -0.450 e. The largest absolute Gasteiger partial charge is 0.450 e. The van der Waals surface area contributed by atoms with E-state index in [1.54, 1.807) is 21.1 Å². The van der Waals surface area contributed by atoms with Crippen LogP contribution < -0.4 is 5.32 Å². The molecule has 0 aliphatic rings. The minimum absolute atomic E-state index is 0.333. The zero-order valence-electron chi connectivity index (χ0n) is 11.4. The van der Waals surface area contributed by atoms with Crippen molar-refractivity contribution in [1.29, 1.82) is 0 Å². The zero-order valence-corrected chi connectivity index (χ0v) is 12.4. The third-order valence-corrected chi connectivity index (χ3v) is 5.71. The number of nitrogens with one attached hydrogen (secondary N) is 1. The predicted octanol–water partition coefficient (Wildman–Crippen LogP) is 2.27. The van der Waals surface area contributed by atoms with Gasteiger partial charge in [-0.1, -0.05) is 12.8 Å². The van der Waals surface area contributed by atoms with Crippen LogP contribution in [0.25, 0.3) is 0 Å². The second kappa shape index (κ2) is 9.44. The van der Waals surface area contributed by atoms with Gasteiger partial charge in [0.15, 0.2) is 0 Å². The Balaban J connectivity index is 3.43. The number of carbonyl (C=O) groups excluding carboxylic acids is 1. The summed E-state index contributed by atoms with van der Waals surface area (Å²) in [5, 5.41) is 2.70. The molecule has 0 rings (SSSR count). The van der Waals surface area contributed by atoms with Crippen LogP contribution in [0.4, 0.5) is 4.79 Å². The molecule has 1 N–H and O–H groups in total. The Bertz CT molecular complexity index is 210. The van der Waals surface area contributed by atoms with Crippen molar-refractivity contribution in [2.75, 3.05) is 27.4 Å². The molecular formula is C11H25NO4Si. The smallest absolute Gasteiger partial charge is 0.407 e. The van der Waals surface area contributed by atoms with E-state index < -0.39 is 8.56 Å². The molecule has 0 saturated carbocycles. The minimum atomic E-state index is -1.90. The van der Waals surface area contributed by atoms with Crippen molar-refractivity contribution in [3.8, 4) is 0 Å². The second-order valence-corrected chi connectivity index (χ2v) is 7.58. The van der Waals surface area contributed by atoms with E-state index in [4.69, 9.17) is 13.6 Å². The lowest BCUT2D eigenvalue weighted by atomic mass is 10.2. The van der Waals surface area contributed by atoms with Gasteiger partial charge in [0.2, 0.25) is 0 Å². The Morgan fingerprint density at radius 1 is 1.18 bits per heavy atom. The molecule has 0 aromatic carbocycles. The summed E-state index contributed by atoms with van der Waals surface area (Å²) in [6.45, 7) is 4.93. The number of hydrogen-bond donors (Lipinski definition) is 1. The summed E-state index contributed by atoms with van der Waals surface area (Å²) >= 11 is 0. The van der Waals surface area contributed by atoms with Crippen LogP contribution in [-0.2, 0) is 13.6 Å². The topological polar surface area (TPSA) is 56.8 Å². The molecular weight excluding hydrogens is 238 g/mol. The van der Waals surface area contributed by atoms with Crippen LogP contribution >= 0.6 is 0 Å². The zero-order chi connectivity index (χ0) is 13.1. The van der Waals surface area contributed by atoms with E-state index in [-0.39, 0.29) is 6.09 Å². The van der Waals surface area contributed by atoms with Crippen LogP contribution in [0.15, 0.2) is 0 Å². The molecule has 6 heteroatoms. The van der Waals surface area contributed by atoms with Gasteiger partial charge in [-0.25, -0.2) is 4.79 Å². The number of alkyl carbamates (subject to hydrolysis) is 1. The standard InChI is InChI=1S/C11H25NO4Si/c1-5-16-11(13)12-9-7-6-8-10-17(4,14-2)15-3/h5-10H2,1-4H3,(H,12,13). The second-order valence-electron chi connectivity index (χ2n) is 4.00. The fraction of sp³-hybridized carbons (Fsp3) is 0.909. The van der Waals surface area contributed by atoms with Crippen LogP contribution in [-0.4, -0.2) is 42.0 Å². The molecule has 0 bridgehead atoms. The highest BCUT2D eigenvalue weighted by Gasteiger charge is 2.27. The molecule has 0 fully saturated rings. The van der Waals surface area contributed by atoms with Crippen LogP contribution in [0.1, 0.15) is 26.2 Å². The van der Waals surface area contributed by atoms with E-state index in [1.807, 2.05) is 0 Å². The predicted molar refractivity (Wildman–Crippen MR) is 69.3 cm³/mol. The van der Waals surface area contributed by atoms with Gasteiger partial charge in [-0.15, -0.1) is 0 Å². The molecule has 0 heterocycles. The van der Waals surface area contributed by atoms with Crippen LogP contribution in [0, 0.1) is 0 Å². The molecule has 0 radical (unpaired) electrons. The summed E-state index contributed by atoms with van der Waals surface area (Å²) in [5.41, 5.74) is 0. The fourth-order valence-corrected chi connectivity index (χ4v) is 2.88. The van der Waals surface area contributed by atoms with Gasteiger partial charge in [0.25, 0.3) is 0 Å². The normalized spacial score (nSPS) is 11.3. The molecule has 0 aromatic heterocycles. The summed E-state index contributed by atoms with van der Waals surface area (Å²) in [6, 6.07) is 0.986. The van der Waals surface area contributed by atoms with Crippen molar-refractivity contribution < 1.29 is 18.4 Å². The SMILES string of the molecule is CCOC(=O)NCCCCC[Si](C)(OC)OC. The number of rotatable bonds is 9. The van der Waals surface area contributed by atoms with Crippen molar-refractivity contribution in [2.24, 2.45) is 0 Å². The van der Waals surface area contributed by atoms with Gasteiger partial charge in [0.05, 0.1) is 6.61 Å².